The van der Waals surface area contributed by atoms with Gasteiger partial charge in [-0.15, -0.1) is 0 Å². The van der Waals surface area contributed by atoms with Crippen molar-refractivity contribution in [2.24, 2.45) is 5.10 Å². The zero-order chi connectivity index (χ0) is 21.2. The van der Waals surface area contributed by atoms with Crippen molar-refractivity contribution >= 4 is 28.1 Å². The molecule has 0 bridgehead atoms. The largest absolute Gasteiger partial charge is 0.488 e. The number of aryl methyl sites for hydroxylation is 1. The van der Waals surface area contributed by atoms with E-state index < -0.39 is 0 Å². The van der Waals surface area contributed by atoms with E-state index in [0.717, 1.165) is 22.0 Å². The second kappa shape index (κ2) is 11.2. The smallest absolute Gasteiger partial charge is 0.277 e. The number of nitrogens with zero attached hydrogens (tertiary/aromatic N) is 1. The van der Waals surface area contributed by atoms with Gasteiger partial charge in [-0.05, 0) is 57.7 Å². The molecule has 3 aromatic rings. The molecule has 0 saturated carbocycles. The van der Waals surface area contributed by atoms with Crippen molar-refractivity contribution in [3.63, 3.8) is 0 Å². The Morgan fingerprint density at radius 3 is 2.50 bits per heavy atom. The molecule has 0 heterocycles. The number of ether oxygens (including phenoxy) is 2. The fraction of sp³-hybridized carbons (Fsp3) is 0.167. The Hall–Kier alpha value is -3.12. The third-order valence-electron chi connectivity index (χ3n) is 4.31. The number of rotatable bonds is 9. The first-order chi connectivity index (χ1) is 14.7. The van der Waals surface area contributed by atoms with Crippen LogP contribution in [0.25, 0.3) is 0 Å². The molecule has 0 aromatic heterocycles. The Morgan fingerprint density at radius 1 is 0.967 bits per heavy atom. The normalized spacial score (nSPS) is 10.7. The van der Waals surface area contributed by atoms with E-state index in [0.29, 0.717) is 18.1 Å². The maximum Gasteiger partial charge on any atom is 0.277 e. The number of amides is 1. The lowest BCUT2D eigenvalue weighted by Crippen LogP contribution is -2.24. The molecule has 0 radical (unpaired) electrons. The standard InChI is InChI=1S/C24H23BrN2O3/c1-2-18-12-13-23(21(25)14-18)30-17-24(28)27-26-15-20-10-6-7-11-22(20)29-16-19-8-4-3-5-9-19/h3-15H,2,16-17H2,1H3,(H,27,28). The molecular formula is C24H23BrN2O3. The molecule has 30 heavy (non-hydrogen) atoms. The fourth-order valence-corrected chi connectivity index (χ4v) is 3.23. The zero-order valence-corrected chi connectivity index (χ0v) is 18.3. The monoisotopic (exact) mass is 466 g/mol. The molecule has 3 aromatic carbocycles. The number of para-hydroxylation sites is 1. The minimum atomic E-state index is -0.347. The lowest BCUT2D eigenvalue weighted by atomic mass is 10.2. The summed E-state index contributed by atoms with van der Waals surface area (Å²) < 4.78 is 12.3. The van der Waals surface area contributed by atoms with Crippen LogP contribution in [0.4, 0.5) is 0 Å². The second-order valence-corrected chi connectivity index (χ2v) is 7.37. The zero-order valence-electron chi connectivity index (χ0n) is 16.7. The van der Waals surface area contributed by atoms with E-state index >= 15 is 0 Å². The predicted molar refractivity (Wildman–Crippen MR) is 122 cm³/mol. The van der Waals surface area contributed by atoms with Crippen LogP contribution in [-0.4, -0.2) is 18.7 Å². The molecule has 0 atom stereocenters. The van der Waals surface area contributed by atoms with Gasteiger partial charge in [0.2, 0.25) is 0 Å². The van der Waals surface area contributed by atoms with E-state index in [1.807, 2.05) is 72.8 Å². The van der Waals surface area contributed by atoms with E-state index in [1.165, 1.54) is 5.56 Å². The van der Waals surface area contributed by atoms with Crippen LogP contribution >= 0.6 is 15.9 Å². The Labute approximate surface area is 184 Å². The number of hydrogen-bond acceptors (Lipinski definition) is 4. The summed E-state index contributed by atoms with van der Waals surface area (Å²) >= 11 is 3.46. The number of hydrogen-bond donors (Lipinski definition) is 1. The lowest BCUT2D eigenvalue weighted by Gasteiger charge is -2.09. The van der Waals surface area contributed by atoms with E-state index in [9.17, 15) is 4.79 Å². The average molecular weight is 467 g/mol. The topological polar surface area (TPSA) is 59.9 Å². The molecule has 5 nitrogen and oxygen atoms in total. The number of carbonyl (C=O) groups excluding carboxylic acids is 1. The maximum absolute atomic E-state index is 12.0. The second-order valence-electron chi connectivity index (χ2n) is 6.51. The Morgan fingerprint density at radius 2 is 1.73 bits per heavy atom. The highest BCUT2D eigenvalue weighted by Crippen LogP contribution is 2.26. The molecule has 0 aliphatic rings. The van der Waals surface area contributed by atoms with Gasteiger partial charge in [-0.25, -0.2) is 5.43 Å². The van der Waals surface area contributed by atoms with Gasteiger partial charge in [0.15, 0.2) is 6.61 Å². The first-order valence-corrected chi connectivity index (χ1v) is 10.4. The summed E-state index contributed by atoms with van der Waals surface area (Å²) in [4.78, 5) is 12.0. The number of nitrogens with one attached hydrogen (secondary N) is 1. The minimum Gasteiger partial charge on any atom is -0.488 e. The van der Waals surface area contributed by atoms with Gasteiger partial charge in [-0.3, -0.25) is 4.79 Å². The Balaban J connectivity index is 1.52. The van der Waals surface area contributed by atoms with Crippen LogP contribution in [0.3, 0.4) is 0 Å². The van der Waals surface area contributed by atoms with Crippen molar-refractivity contribution < 1.29 is 14.3 Å². The number of benzene rings is 3. The molecule has 0 aliphatic carbocycles. The Kier molecular flexibility index (Phi) is 8.03. The Bertz CT molecular complexity index is 1010. The fourth-order valence-electron chi connectivity index (χ4n) is 2.68. The van der Waals surface area contributed by atoms with E-state index in [2.05, 4.69) is 33.4 Å². The highest BCUT2D eigenvalue weighted by molar-refractivity contribution is 9.10. The van der Waals surface area contributed by atoms with Crippen LogP contribution < -0.4 is 14.9 Å². The molecule has 0 unspecified atom stereocenters. The summed E-state index contributed by atoms with van der Waals surface area (Å²) in [5, 5.41) is 4.02. The molecule has 154 valence electrons. The van der Waals surface area contributed by atoms with E-state index in [-0.39, 0.29) is 12.5 Å². The molecule has 1 N–H and O–H groups in total. The summed E-state index contributed by atoms with van der Waals surface area (Å²) in [5.41, 5.74) is 5.52. The SMILES string of the molecule is CCc1ccc(OCC(=O)NN=Cc2ccccc2OCc2ccccc2)c(Br)c1. The quantitative estimate of drug-likeness (QED) is 0.351. The van der Waals surface area contributed by atoms with Gasteiger partial charge in [0.25, 0.3) is 5.91 Å². The first-order valence-electron chi connectivity index (χ1n) is 9.64. The highest BCUT2D eigenvalue weighted by atomic mass is 79.9. The third kappa shape index (κ3) is 6.46. The van der Waals surface area contributed by atoms with Crippen LogP contribution in [-0.2, 0) is 17.8 Å². The van der Waals surface area contributed by atoms with Crippen LogP contribution in [0.5, 0.6) is 11.5 Å². The van der Waals surface area contributed by atoms with E-state index in [4.69, 9.17) is 9.47 Å². The van der Waals surface area contributed by atoms with Crippen molar-refractivity contribution in [3.8, 4) is 11.5 Å². The number of carbonyl (C=O) groups is 1. The first kappa shape index (κ1) is 21.6. The van der Waals surface area contributed by atoms with E-state index in [1.54, 1.807) is 6.21 Å². The molecule has 0 fully saturated rings. The van der Waals surface area contributed by atoms with Crippen molar-refractivity contribution in [3.05, 3.63) is 94.0 Å². The van der Waals surface area contributed by atoms with Crippen molar-refractivity contribution in [2.45, 2.75) is 20.0 Å². The highest BCUT2D eigenvalue weighted by Gasteiger charge is 2.06. The van der Waals surface area contributed by atoms with Gasteiger partial charge >= 0.3 is 0 Å². The van der Waals surface area contributed by atoms with Crippen LogP contribution in [0.2, 0.25) is 0 Å². The molecule has 1 amide bonds. The number of hydrazone groups is 1. The van der Waals surface area contributed by atoms with Crippen molar-refractivity contribution in [2.75, 3.05) is 6.61 Å². The average Bonchev–Trinajstić information content (AvgIpc) is 2.78. The molecular weight excluding hydrogens is 444 g/mol. The number of halogens is 1. The van der Waals surface area contributed by atoms with Gasteiger partial charge in [-0.2, -0.15) is 5.10 Å². The van der Waals surface area contributed by atoms with Gasteiger partial charge in [0.05, 0.1) is 10.7 Å². The molecule has 0 saturated heterocycles. The summed E-state index contributed by atoms with van der Waals surface area (Å²) in [6.07, 6.45) is 2.49. The molecule has 0 aliphatic heterocycles. The molecule has 3 rings (SSSR count). The van der Waals surface area contributed by atoms with Gasteiger partial charge < -0.3 is 9.47 Å². The minimum absolute atomic E-state index is 0.131. The third-order valence-corrected chi connectivity index (χ3v) is 4.93. The molecule has 0 spiro atoms. The summed E-state index contributed by atoms with van der Waals surface area (Å²) in [6.45, 7) is 2.41. The predicted octanol–water partition coefficient (Wildman–Crippen LogP) is 5.12. The van der Waals surface area contributed by atoms with Crippen molar-refractivity contribution in [1.82, 2.24) is 5.43 Å². The van der Waals surface area contributed by atoms with Gasteiger partial charge in [0.1, 0.15) is 18.1 Å². The van der Waals surface area contributed by atoms with Crippen LogP contribution in [0.1, 0.15) is 23.6 Å². The summed E-state index contributed by atoms with van der Waals surface area (Å²) in [5.74, 6) is 0.960. The summed E-state index contributed by atoms with van der Waals surface area (Å²) in [7, 11) is 0. The summed E-state index contributed by atoms with van der Waals surface area (Å²) in [6, 6.07) is 23.3. The maximum atomic E-state index is 12.0. The van der Waals surface area contributed by atoms with Crippen molar-refractivity contribution in [1.29, 1.82) is 0 Å². The van der Waals surface area contributed by atoms with Crippen LogP contribution in [0, 0.1) is 0 Å². The molecule has 6 heteroatoms. The van der Waals surface area contributed by atoms with Gasteiger partial charge in [0, 0.05) is 5.56 Å². The lowest BCUT2D eigenvalue weighted by molar-refractivity contribution is -0.123. The van der Waals surface area contributed by atoms with Gasteiger partial charge in [-0.1, -0.05) is 55.5 Å². The van der Waals surface area contributed by atoms with Crippen LogP contribution in [0.15, 0.2) is 82.4 Å².